The van der Waals surface area contributed by atoms with E-state index < -0.39 is 70.7 Å². The molecule has 0 aliphatic carbocycles. The van der Waals surface area contributed by atoms with E-state index in [0.717, 1.165) is 17.5 Å². The highest BCUT2D eigenvalue weighted by Crippen LogP contribution is 2.42. The standard InChI is InChI=1S/C35H37F5N2O6/c1-18-24(16-42-15-5-6-23(42)33(45)48-35(2,3)4)46-34(47-31(18)20-9-7-19(17-43)8-10-20)21-11-13-22(14-12-21)41-32(44)25-26(36)28(38)30(40)29(39)27(25)37/h7-14,18,23-24,31,34,43H,5-6,15-17H2,1-4H3,(H,41,44). The van der Waals surface area contributed by atoms with Crippen LogP contribution in [0.25, 0.3) is 0 Å². The molecule has 2 N–H and O–H groups in total. The molecule has 8 nitrogen and oxygen atoms in total. The van der Waals surface area contributed by atoms with Crippen LogP contribution in [0.1, 0.15) is 80.0 Å². The summed E-state index contributed by atoms with van der Waals surface area (Å²) in [5.74, 6) is -13.3. The Morgan fingerprint density at radius 3 is 2.06 bits per heavy atom. The number of carbonyl (C=O) groups is 2. The van der Waals surface area contributed by atoms with Gasteiger partial charge in [-0.2, -0.15) is 0 Å². The van der Waals surface area contributed by atoms with Crippen molar-refractivity contribution in [2.45, 2.75) is 77.3 Å². The van der Waals surface area contributed by atoms with E-state index in [2.05, 4.69) is 10.2 Å². The molecule has 2 heterocycles. The van der Waals surface area contributed by atoms with Gasteiger partial charge in [-0.1, -0.05) is 43.3 Å². The second-order valence-electron chi connectivity index (χ2n) is 13.0. The lowest BCUT2D eigenvalue weighted by atomic mass is 9.90. The number of likely N-dealkylation sites (tertiary alicyclic amines) is 1. The van der Waals surface area contributed by atoms with Crippen LogP contribution in [0.3, 0.4) is 0 Å². The van der Waals surface area contributed by atoms with Crippen LogP contribution in [0, 0.1) is 35.0 Å². The molecular formula is C35H37F5N2O6. The van der Waals surface area contributed by atoms with Gasteiger partial charge in [0, 0.05) is 23.7 Å². The Labute approximate surface area is 274 Å². The first-order chi connectivity index (χ1) is 22.7. The third-order valence-electron chi connectivity index (χ3n) is 8.46. The van der Waals surface area contributed by atoms with Crippen molar-refractivity contribution < 1.29 is 50.9 Å². The number of amides is 1. The smallest absolute Gasteiger partial charge is 0.323 e. The molecule has 5 rings (SSSR count). The summed E-state index contributed by atoms with van der Waals surface area (Å²) in [6.45, 7) is 8.41. The number of aliphatic hydroxyl groups is 1. The number of esters is 1. The Balaban J connectivity index is 1.38. The zero-order valence-corrected chi connectivity index (χ0v) is 26.9. The summed E-state index contributed by atoms with van der Waals surface area (Å²) in [6.07, 6.45) is -0.327. The number of halogens is 5. The van der Waals surface area contributed by atoms with Gasteiger partial charge in [-0.05, 0) is 63.4 Å². The van der Waals surface area contributed by atoms with Gasteiger partial charge in [0.1, 0.15) is 17.2 Å². The third kappa shape index (κ3) is 7.54. The number of anilines is 1. The Bertz CT molecular complexity index is 1620. The number of nitrogens with zero attached hydrogens (tertiary/aromatic N) is 1. The first-order valence-electron chi connectivity index (χ1n) is 15.6. The number of aliphatic hydroxyl groups excluding tert-OH is 1. The molecule has 3 aromatic carbocycles. The largest absolute Gasteiger partial charge is 0.459 e. The zero-order chi connectivity index (χ0) is 34.9. The quantitative estimate of drug-likeness (QED) is 0.118. The van der Waals surface area contributed by atoms with E-state index in [4.69, 9.17) is 14.2 Å². The molecule has 0 saturated carbocycles. The van der Waals surface area contributed by atoms with Gasteiger partial charge in [0.15, 0.2) is 29.6 Å². The van der Waals surface area contributed by atoms with Crippen LogP contribution in [0.4, 0.5) is 27.6 Å². The highest BCUT2D eigenvalue weighted by atomic mass is 19.2. The SMILES string of the molecule is CC1C(CN2CCCC2C(=O)OC(C)(C)C)OC(c2ccc(NC(=O)c3c(F)c(F)c(F)c(F)c3F)cc2)OC1c1ccc(CO)cc1. The molecule has 48 heavy (non-hydrogen) atoms. The normalized spacial score (nSPS) is 23.2. The topological polar surface area (TPSA) is 97.3 Å². The predicted octanol–water partition coefficient (Wildman–Crippen LogP) is 6.72. The molecule has 2 aliphatic rings. The number of hydrogen-bond acceptors (Lipinski definition) is 7. The van der Waals surface area contributed by atoms with Gasteiger partial charge in [-0.25, -0.2) is 22.0 Å². The highest BCUT2D eigenvalue weighted by Gasteiger charge is 2.42. The molecule has 2 fully saturated rings. The summed E-state index contributed by atoms with van der Waals surface area (Å²) < 4.78 is 87.7. The van der Waals surface area contributed by atoms with E-state index >= 15 is 0 Å². The van der Waals surface area contributed by atoms with Crippen LogP contribution < -0.4 is 5.32 Å². The molecule has 0 radical (unpaired) electrons. The lowest BCUT2D eigenvalue weighted by Gasteiger charge is -2.43. The number of carbonyl (C=O) groups excluding carboxylic acids is 2. The first-order valence-corrected chi connectivity index (χ1v) is 15.6. The molecule has 0 aromatic heterocycles. The molecule has 0 spiro atoms. The summed E-state index contributed by atoms with van der Waals surface area (Å²) in [5.41, 5.74) is -0.135. The monoisotopic (exact) mass is 676 g/mol. The second-order valence-corrected chi connectivity index (χ2v) is 13.0. The predicted molar refractivity (Wildman–Crippen MR) is 164 cm³/mol. The van der Waals surface area contributed by atoms with E-state index in [9.17, 15) is 36.6 Å². The van der Waals surface area contributed by atoms with Crippen molar-refractivity contribution in [2.75, 3.05) is 18.4 Å². The maximum absolute atomic E-state index is 14.2. The van der Waals surface area contributed by atoms with Crippen LogP contribution in [-0.4, -0.2) is 52.7 Å². The molecule has 13 heteroatoms. The Kier molecular flexibility index (Phi) is 10.5. The molecule has 5 atom stereocenters. The molecule has 0 bridgehead atoms. The Morgan fingerprint density at radius 2 is 1.48 bits per heavy atom. The molecule has 2 saturated heterocycles. The Hall–Kier alpha value is -3.91. The van der Waals surface area contributed by atoms with Gasteiger partial charge < -0.3 is 24.6 Å². The molecule has 258 valence electrons. The van der Waals surface area contributed by atoms with Gasteiger partial charge in [0.05, 0.1) is 18.8 Å². The number of ether oxygens (including phenoxy) is 3. The van der Waals surface area contributed by atoms with Gasteiger partial charge >= 0.3 is 5.97 Å². The van der Waals surface area contributed by atoms with Crippen LogP contribution in [0.5, 0.6) is 0 Å². The van der Waals surface area contributed by atoms with Crippen molar-refractivity contribution in [1.29, 1.82) is 0 Å². The van der Waals surface area contributed by atoms with E-state index in [1.165, 1.54) is 24.3 Å². The minimum atomic E-state index is -2.36. The van der Waals surface area contributed by atoms with Crippen molar-refractivity contribution in [2.24, 2.45) is 5.92 Å². The lowest BCUT2D eigenvalue weighted by Crippen LogP contribution is -2.48. The van der Waals surface area contributed by atoms with Crippen LogP contribution in [0.2, 0.25) is 0 Å². The fourth-order valence-corrected chi connectivity index (χ4v) is 5.96. The van der Waals surface area contributed by atoms with Gasteiger partial charge in [-0.15, -0.1) is 0 Å². The van der Waals surface area contributed by atoms with Crippen molar-refractivity contribution in [3.8, 4) is 0 Å². The number of benzene rings is 3. The average molecular weight is 677 g/mol. The maximum Gasteiger partial charge on any atom is 0.323 e. The second kappa shape index (κ2) is 14.3. The summed E-state index contributed by atoms with van der Waals surface area (Å²) in [4.78, 5) is 27.6. The van der Waals surface area contributed by atoms with Crippen molar-refractivity contribution in [3.05, 3.63) is 99.9 Å². The minimum absolute atomic E-state index is 0.0156. The van der Waals surface area contributed by atoms with Gasteiger partial charge in [0.2, 0.25) is 5.82 Å². The van der Waals surface area contributed by atoms with Crippen molar-refractivity contribution in [3.63, 3.8) is 0 Å². The average Bonchev–Trinajstić information content (AvgIpc) is 3.52. The zero-order valence-electron chi connectivity index (χ0n) is 26.9. The van der Waals surface area contributed by atoms with E-state index in [-0.39, 0.29) is 24.2 Å². The van der Waals surface area contributed by atoms with Crippen molar-refractivity contribution >= 4 is 17.6 Å². The fourth-order valence-electron chi connectivity index (χ4n) is 5.96. The molecule has 5 unspecified atom stereocenters. The first kappa shape index (κ1) is 35.4. The third-order valence-corrected chi connectivity index (χ3v) is 8.46. The van der Waals surface area contributed by atoms with Crippen LogP contribution >= 0.6 is 0 Å². The van der Waals surface area contributed by atoms with Crippen molar-refractivity contribution in [1.82, 2.24) is 4.90 Å². The molecule has 2 aliphatic heterocycles. The highest BCUT2D eigenvalue weighted by molar-refractivity contribution is 6.04. The number of hydrogen-bond donors (Lipinski definition) is 2. The summed E-state index contributed by atoms with van der Waals surface area (Å²) >= 11 is 0. The Morgan fingerprint density at radius 1 is 0.896 bits per heavy atom. The van der Waals surface area contributed by atoms with E-state index in [1.807, 2.05) is 39.8 Å². The number of nitrogens with one attached hydrogen (secondary N) is 1. The molecular weight excluding hydrogens is 639 g/mol. The van der Waals surface area contributed by atoms with Crippen LogP contribution in [0.15, 0.2) is 48.5 Å². The summed E-state index contributed by atoms with van der Waals surface area (Å²) in [5, 5.41) is 11.7. The van der Waals surface area contributed by atoms with Gasteiger partial charge in [-0.3, -0.25) is 14.5 Å². The molecule has 1 amide bonds. The molecule has 3 aromatic rings. The van der Waals surface area contributed by atoms with E-state index in [1.54, 1.807) is 12.1 Å². The number of rotatable bonds is 8. The lowest BCUT2D eigenvalue weighted by molar-refractivity contribution is -0.276. The van der Waals surface area contributed by atoms with E-state index in [0.29, 0.717) is 25.1 Å². The van der Waals surface area contributed by atoms with Gasteiger partial charge in [0.25, 0.3) is 5.91 Å². The minimum Gasteiger partial charge on any atom is -0.459 e. The van der Waals surface area contributed by atoms with Crippen LogP contribution in [-0.2, 0) is 25.6 Å². The fraction of sp³-hybridized carbons (Fsp3) is 0.429. The summed E-state index contributed by atoms with van der Waals surface area (Å²) in [7, 11) is 0. The maximum atomic E-state index is 14.2. The summed E-state index contributed by atoms with van der Waals surface area (Å²) in [6, 6.07) is 12.7.